The van der Waals surface area contributed by atoms with Crippen LogP contribution < -0.4 is 29.8 Å². The van der Waals surface area contributed by atoms with E-state index in [0.29, 0.717) is 23.8 Å². The summed E-state index contributed by atoms with van der Waals surface area (Å²) in [7, 11) is 3.57. The quantitative estimate of drug-likeness (QED) is 0.510. The van der Waals surface area contributed by atoms with Crippen LogP contribution in [0.15, 0.2) is 22.5 Å². The maximum atomic E-state index is 13.7. The highest BCUT2D eigenvalue weighted by molar-refractivity contribution is 7.71. The fraction of sp³-hybridized carbons (Fsp3) is 0.500. The summed E-state index contributed by atoms with van der Waals surface area (Å²) in [6, 6.07) is 1.45. The molecule has 8 nitrogen and oxygen atoms in total. The van der Waals surface area contributed by atoms with Gasteiger partial charge in [0.2, 0.25) is 12.5 Å². The fourth-order valence-corrected chi connectivity index (χ4v) is 5.59. The summed E-state index contributed by atoms with van der Waals surface area (Å²) in [5, 5.41) is 13.7. The minimum Gasteiger partial charge on any atom is -0.859 e. The molecule has 1 aromatic carbocycles. The summed E-state index contributed by atoms with van der Waals surface area (Å²) >= 11 is 5.40. The van der Waals surface area contributed by atoms with Crippen molar-refractivity contribution < 1.29 is 24.2 Å². The van der Waals surface area contributed by atoms with E-state index in [1.807, 2.05) is 13.1 Å². The van der Waals surface area contributed by atoms with E-state index in [2.05, 4.69) is 11.1 Å². The average Bonchev–Trinajstić information content (AvgIpc) is 3.27. The molecule has 1 aromatic heterocycles. The highest BCUT2D eigenvalue weighted by Crippen LogP contribution is 2.48. The minimum atomic E-state index is -0.495. The van der Waals surface area contributed by atoms with Gasteiger partial charge in [0, 0.05) is 13.0 Å². The Morgan fingerprint density at radius 1 is 1.30 bits per heavy atom. The van der Waals surface area contributed by atoms with Gasteiger partial charge >= 0.3 is 0 Å². The van der Waals surface area contributed by atoms with Gasteiger partial charge in [-0.3, -0.25) is 9.78 Å². The average molecular weight is 472 g/mol. The smallest absolute Gasteiger partial charge is 0.260 e. The number of ether oxygens (including phenoxy) is 3. The summed E-state index contributed by atoms with van der Waals surface area (Å²) in [5.74, 6) is 1.37. The Kier molecular flexibility index (Phi) is 5.92. The van der Waals surface area contributed by atoms with Crippen LogP contribution in [-0.2, 0) is 13.0 Å². The fourth-order valence-electron chi connectivity index (χ4n) is 5.33. The molecule has 33 heavy (non-hydrogen) atoms. The summed E-state index contributed by atoms with van der Waals surface area (Å²) < 4.78 is 18.7. The number of aromatic nitrogens is 2. The third kappa shape index (κ3) is 3.83. The maximum absolute atomic E-state index is 13.7. The molecular weight excluding hydrogens is 442 g/mol. The molecule has 0 saturated heterocycles. The molecule has 2 atom stereocenters. The van der Waals surface area contributed by atoms with E-state index < -0.39 is 11.6 Å². The zero-order valence-corrected chi connectivity index (χ0v) is 19.8. The predicted molar refractivity (Wildman–Crippen MR) is 123 cm³/mol. The zero-order valence-electron chi connectivity index (χ0n) is 19.0. The number of nitrogens with zero attached hydrogens (tertiary/aromatic N) is 1. The number of nitrogens with one attached hydrogen (secondary N) is 2. The van der Waals surface area contributed by atoms with E-state index in [9.17, 15) is 9.90 Å². The van der Waals surface area contributed by atoms with Gasteiger partial charge in [0.05, 0.1) is 31.8 Å². The highest BCUT2D eigenvalue weighted by atomic mass is 32.1. The van der Waals surface area contributed by atoms with Crippen LogP contribution in [-0.4, -0.2) is 37.0 Å². The largest absolute Gasteiger partial charge is 0.859 e. The number of methoxy groups -OCH3 is 1. The van der Waals surface area contributed by atoms with Gasteiger partial charge in [0.15, 0.2) is 16.3 Å². The molecule has 2 aromatic rings. The number of quaternary nitrogens is 1. The molecule has 2 N–H and O–H groups in total. The summed E-state index contributed by atoms with van der Waals surface area (Å²) in [6.45, 7) is 1.35. The Labute approximate surface area is 197 Å². The van der Waals surface area contributed by atoms with Gasteiger partial charge in [-0.25, -0.2) is 0 Å². The Balaban J connectivity index is 1.62. The van der Waals surface area contributed by atoms with Crippen molar-refractivity contribution in [1.82, 2.24) is 9.55 Å². The molecule has 176 valence electrons. The highest BCUT2D eigenvalue weighted by Gasteiger charge is 2.39. The van der Waals surface area contributed by atoms with Crippen LogP contribution >= 0.6 is 12.2 Å². The third-order valence-electron chi connectivity index (χ3n) is 7.03. The molecule has 5 rings (SSSR count). The van der Waals surface area contributed by atoms with Crippen LogP contribution in [0.3, 0.4) is 0 Å². The lowest BCUT2D eigenvalue weighted by molar-refractivity contribution is -0.908. The van der Waals surface area contributed by atoms with Crippen LogP contribution in [0.25, 0.3) is 0 Å². The molecular formula is C24H29N3O5S. The predicted octanol–water partition coefficient (Wildman–Crippen LogP) is 1.77. The monoisotopic (exact) mass is 471 g/mol. The Hall–Kier alpha value is -2.78. The number of fused-ring (bicyclic) bond motifs is 2. The first-order valence-corrected chi connectivity index (χ1v) is 11.9. The molecule has 3 aliphatic rings. The van der Waals surface area contributed by atoms with E-state index in [1.54, 1.807) is 11.7 Å². The van der Waals surface area contributed by atoms with Crippen molar-refractivity contribution in [3.63, 3.8) is 0 Å². The van der Waals surface area contributed by atoms with Crippen molar-refractivity contribution in [2.45, 2.75) is 51.1 Å². The standard InChI is InChI=1S/C24H29N3O5S/c1-26-10-9-15-12-16-20(32-13-31-16)21(30-2)17(15)19(26)18-22(28)25-24(33)27(23(18)29)11-8-14-6-4-3-5-7-14/h6,12,19,29H,3-5,7-11,13H2,1-2H3,(H,25,28,33)/t19-/m0/s1. The van der Waals surface area contributed by atoms with Crippen molar-refractivity contribution in [3.8, 4) is 23.1 Å². The first-order chi connectivity index (χ1) is 16.0. The topological polar surface area (TPSA) is 93.0 Å². The third-order valence-corrected chi connectivity index (χ3v) is 7.36. The molecule has 1 unspecified atom stereocenters. The summed E-state index contributed by atoms with van der Waals surface area (Å²) in [6.07, 6.45) is 8.37. The number of benzene rings is 1. The molecule has 3 heterocycles. The Morgan fingerprint density at radius 3 is 2.91 bits per heavy atom. The molecule has 0 fully saturated rings. The first kappa shape index (κ1) is 22.0. The Morgan fingerprint density at radius 2 is 2.15 bits per heavy atom. The number of rotatable bonds is 5. The van der Waals surface area contributed by atoms with Crippen LogP contribution in [0.2, 0.25) is 0 Å². The van der Waals surface area contributed by atoms with Crippen molar-refractivity contribution in [1.29, 1.82) is 0 Å². The molecule has 0 saturated carbocycles. The van der Waals surface area contributed by atoms with Gasteiger partial charge in [0.25, 0.3) is 5.56 Å². The van der Waals surface area contributed by atoms with Gasteiger partial charge in [-0.1, -0.05) is 11.6 Å². The molecule has 9 heteroatoms. The lowest BCUT2D eigenvalue weighted by Crippen LogP contribution is -3.10. The van der Waals surface area contributed by atoms with Crippen molar-refractivity contribution in [2.24, 2.45) is 0 Å². The molecule has 0 radical (unpaired) electrons. The SMILES string of the molecule is COc1c2c(cc3c1[C@@H](c1c([O-])n(CCC4=CCCCC4)c(=S)[nH]c1=O)[NH+](C)CC3)OCO2. The lowest BCUT2D eigenvalue weighted by Gasteiger charge is -2.35. The van der Waals surface area contributed by atoms with E-state index in [-0.39, 0.29) is 23.0 Å². The maximum Gasteiger partial charge on any atom is 0.260 e. The van der Waals surface area contributed by atoms with Crippen LogP contribution in [0.5, 0.6) is 23.1 Å². The number of hydrogen-bond donors (Lipinski definition) is 2. The molecule has 2 aliphatic heterocycles. The second-order valence-electron chi connectivity index (χ2n) is 8.98. The second kappa shape index (κ2) is 8.87. The molecule has 0 amide bonds. The number of hydrogen-bond acceptors (Lipinski definition) is 6. The van der Waals surface area contributed by atoms with Crippen LogP contribution in [0.4, 0.5) is 0 Å². The number of aromatic amines is 1. The van der Waals surface area contributed by atoms with E-state index in [1.165, 1.54) is 18.4 Å². The van der Waals surface area contributed by atoms with Crippen molar-refractivity contribution in [3.05, 3.63) is 49.5 Å². The van der Waals surface area contributed by atoms with Crippen LogP contribution in [0, 0.1) is 4.77 Å². The van der Waals surface area contributed by atoms with Crippen molar-refractivity contribution >= 4 is 12.2 Å². The summed E-state index contributed by atoms with van der Waals surface area (Å²) in [4.78, 5) is 17.0. The molecule has 1 aliphatic carbocycles. The van der Waals surface area contributed by atoms with Crippen molar-refractivity contribution in [2.75, 3.05) is 27.5 Å². The minimum absolute atomic E-state index is 0.121. The number of allylic oxidation sites excluding steroid dienone is 2. The van der Waals surface area contributed by atoms with E-state index in [4.69, 9.17) is 26.4 Å². The number of H-pyrrole nitrogens is 1. The van der Waals surface area contributed by atoms with Crippen LogP contribution in [0.1, 0.15) is 54.8 Å². The van der Waals surface area contributed by atoms with Gasteiger partial charge in [-0.05, 0) is 61.8 Å². The van der Waals surface area contributed by atoms with Gasteiger partial charge < -0.3 is 28.8 Å². The molecule has 0 spiro atoms. The first-order valence-electron chi connectivity index (χ1n) is 11.5. The van der Waals surface area contributed by atoms with Gasteiger partial charge in [0.1, 0.15) is 6.04 Å². The van der Waals surface area contributed by atoms with E-state index >= 15 is 0 Å². The molecule has 0 bridgehead atoms. The second-order valence-corrected chi connectivity index (χ2v) is 9.37. The van der Waals surface area contributed by atoms with Gasteiger partial charge in [-0.15, -0.1) is 0 Å². The Bertz CT molecular complexity index is 1230. The zero-order chi connectivity index (χ0) is 23.1. The number of likely N-dealkylation sites (N-methyl/N-ethyl adjacent to an activating group) is 1. The summed E-state index contributed by atoms with van der Waals surface area (Å²) in [5.41, 5.74) is 2.93. The normalized spacial score (nSPS) is 21.5. The lowest BCUT2D eigenvalue weighted by atomic mass is 9.87. The van der Waals surface area contributed by atoms with Gasteiger partial charge in [-0.2, -0.15) is 0 Å². The van der Waals surface area contributed by atoms with E-state index in [0.717, 1.165) is 48.3 Å².